The van der Waals surface area contributed by atoms with Crippen molar-refractivity contribution in [3.63, 3.8) is 0 Å². The number of methoxy groups -OCH3 is 1. The first kappa shape index (κ1) is 23.7. The van der Waals surface area contributed by atoms with Crippen molar-refractivity contribution in [1.82, 2.24) is 19.5 Å². The van der Waals surface area contributed by atoms with Gasteiger partial charge in [-0.25, -0.2) is 9.50 Å². The Hall–Kier alpha value is -4.65. The fraction of sp³-hybridized carbons (Fsp3) is 0.194. The first-order chi connectivity index (χ1) is 18.6. The van der Waals surface area contributed by atoms with Crippen LogP contribution in [0.5, 0.6) is 5.75 Å². The van der Waals surface area contributed by atoms with E-state index in [0.29, 0.717) is 24.4 Å². The molecule has 1 fully saturated rings. The molecule has 1 saturated heterocycles. The number of rotatable bonds is 5. The fourth-order valence-electron chi connectivity index (χ4n) is 5.02. The van der Waals surface area contributed by atoms with E-state index in [1.165, 1.54) is 11.3 Å². The summed E-state index contributed by atoms with van der Waals surface area (Å²) >= 11 is 0. The zero-order chi connectivity index (χ0) is 26.1. The second kappa shape index (κ2) is 10.0. The van der Waals surface area contributed by atoms with Gasteiger partial charge in [0.1, 0.15) is 11.4 Å². The maximum absolute atomic E-state index is 14.0. The number of fused-ring (bicyclic) bond motifs is 1. The molecule has 0 saturated carbocycles. The SMILES string of the molecule is COc1ccc(-c2cc(C(=O)N3CCN(c4ccccc4C)CC3)n3nc(-c4ccccc4)cc3n2)cc1. The predicted octanol–water partition coefficient (Wildman–Crippen LogP) is 5.34. The quantitative estimate of drug-likeness (QED) is 0.324. The Bertz CT molecular complexity index is 1590. The molecule has 3 heterocycles. The molecular formula is C31H29N5O2. The highest BCUT2D eigenvalue weighted by Crippen LogP contribution is 2.27. The van der Waals surface area contributed by atoms with Crippen LogP contribution in [0.4, 0.5) is 5.69 Å². The summed E-state index contributed by atoms with van der Waals surface area (Å²) in [5.41, 5.74) is 7.02. The maximum atomic E-state index is 14.0. The fourth-order valence-corrected chi connectivity index (χ4v) is 5.02. The van der Waals surface area contributed by atoms with Gasteiger partial charge in [-0.1, -0.05) is 48.5 Å². The molecular weight excluding hydrogens is 474 g/mol. The van der Waals surface area contributed by atoms with Crippen molar-refractivity contribution in [3.05, 3.63) is 102 Å². The average Bonchev–Trinajstić information content (AvgIpc) is 3.42. The highest BCUT2D eigenvalue weighted by molar-refractivity contribution is 5.94. The summed E-state index contributed by atoms with van der Waals surface area (Å²) in [7, 11) is 1.65. The van der Waals surface area contributed by atoms with Gasteiger partial charge in [0.05, 0.1) is 18.5 Å². The molecule has 7 nitrogen and oxygen atoms in total. The Kier molecular flexibility index (Phi) is 6.25. The first-order valence-corrected chi connectivity index (χ1v) is 12.8. The van der Waals surface area contributed by atoms with E-state index in [0.717, 1.165) is 41.4 Å². The van der Waals surface area contributed by atoms with Crippen LogP contribution in [0.2, 0.25) is 0 Å². The van der Waals surface area contributed by atoms with Gasteiger partial charge >= 0.3 is 0 Å². The van der Waals surface area contributed by atoms with Gasteiger partial charge < -0.3 is 14.5 Å². The Morgan fingerprint density at radius 1 is 0.789 bits per heavy atom. The highest BCUT2D eigenvalue weighted by atomic mass is 16.5. The smallest absolute Gasteiger partial charge is 0.272 e. The second-order valence-corrected chi connectivity index (χ2v) is 9.49. The van der Waals surface area contributed by atoms with Crippen LogP contribution in [0.1, 0.15) is 16.1 Å². The van der Waals surface area contributed by atoms with Crippen molar-refractivity contribution in [1.29, 1.82) is 0 Å². The number of carbonyl (C=O) groups is 1. The summed E-state index contributed by atoms with van der Waals surface area (Å²) in [6.45, 7) is 4.97. The molecule has 3 aromatic carbocycles. The van der Waals surface area contributed by atoms with Gasteiger partial charge in [-0.3, -0.25) is 4.79 Å². The van der Waals surface area contributed by atoms with E-state index >= 15 is 0 Å². The molecule has 0 spiro atoms. The van der Waals surface area contributed by atoms with Gasteiger partial charge in [0, 0.05) is 49.1 Å². The lowest BCUT2D eigenvalue weighted by molar-refractivity contribution is 0.0738. The third-order valence-electron chi connectivity index (χ3n) is 7.12. The van der Waals surface area contributed by atoms with Crippen molar-refractivity contribution in [3.8, 4) is 28.3 Å². The molecule has 1 aliphatic heterocycles. The van der Waals surface area contributed by atoms with E-state index in [1.54, 1.807) is 11.6 Å². The molecule has 0 radical (unpaired) electrons. The molecule has 0 bridgehead atoms. The number of hydrogen-bond acceptors (Lipinski definition) is 5. The summed E-state index contributed by atoms with van der Waals surface area (Å²) in [5.74, 6) is 0.729. The van der Waals surface area contributed by atoms with Gasteiger partial charge in [-0.05, 0) is 48.9 Å². The van der Waals surface area contributed by atoms with Gasteiger partial charge in [0.25, 0.3) is 5.91 Å². The standard InChI is InChI=1S/C31H29N5O2/c1-22-8-6-7-11-28(22)34-16-18-35(19-17-34)31(37)29-20-26(24-12-14-25(38-2)15-13-24)32-30-21-27(33-36(29)30)23-9-4-3-5-10-23/h3-15,20-21H,16-19H2,1-2H3. The van der Waals surface area contributed by atoms with Crippen molar-refractivity contribution in [2.24, 2.45) is 0 Å². The number of aromatic nitrogens is 3. The third-order valence-corrected chi connectivity index (χ3v) is 7.12. The molecule has 7 heteroatoms. The third kappa shape index (κ3) is 4.47. The lowest BCUT2D eigenvalue weighted by Crippen LogP contribution is -2.49. The summed E-state index contributed by atoms with van der Waals surface area (Å²) in [4.78, 5) is 23.1. The summed E-state index contributed by atoms with van der Waals surface area (Å²) in [6, 6.07) is 29.9. The second-order valence-electron chi connectivity index (χ2n) is 9.49. The van der Waals surface area contributed by atoms with Crippen LogP contribution in [0.3, 0.4) is 0 Å². The molecule has 38 heavy (non-hydrogen) atoms. The molecule has 0 unspecified atom stereocenters. The number of anilines is 1. The van der Waals surface area contributed by atoms with Crippen LogP contribution in [-0.2, 0) is 0 Å². The minimum absolute atomic E-state index is 0.0423. The predicted molar refractivity (Wildman–Crippen MR) is 150 cm³/mol. The normalized spacial score (nSPS) is 13.6. The van der Waals surface area contributed by atoms with Crippen molar-refractivity contribution >= 4 is 17.2 Å². The van der Waals surface area contributed by atoms with Gasteiger partial charge in [-0.2, -0.15) is 5.10 Å². The van der Waals surface area contributed by atoms with Crippen molar-refractivity contribution < 1.29 is 9.53 Å². The van der Waals surface area contributed by atoms with Crippen LogP contribution >= 0.6 is 0 Å². The zero-order valence-electron chi connectivity index (χ0n) is 21.5. The maximum Gasteiger partial charge on any atom is 0.272 e. The van der Waals surface area contributed by atoms with E-state index in [-0.39, 0.29) is 5.91 Å². The molecule has 5 aromatic rings. The number of para-hydroxylation sites is 1. The largest absolute Gasteiger partial charge is 0.497 e. The number of carbonyl (C=O) groups excluding carboxylic acids is 1. The molecule has 190 valence electrons. The minimum atomic E-state index is -0.0423. The zero-order valence-corrected chi connectivity index (χ0v) is 21.5. The van der Waals surface area contributed by atoms with Crippen molar-refractivity contribution in [2.75, 3.05) is 38.2 Å². The number of nitrogens with zero attached hydrogens (tertiary/aromatic N) is 5. The van der Waals surface area contributed by atoms with Gasteiger partial charge in [0.15, 0.2) is 5.65 Å². The highest BCUT2D eigenvalue weighted by Gasteiger charge is 2.26. The van der Waals surface area contributed by atoms with E-state index in [1.807, 2.05) is 71.6 Å². The number of hydrogen-bond donors (Lipinski definition) is 0. The average molecular weight is 504 g/mol. The molecule has 0 atom stereocenters. The van der Waals surface area contributed by atoms with Gasteiger partial charge in [-0.15, -0.1) is 0 Å². The van der Waals surface area contributed by atoms with Gasteiger partial charge in [0.2, 0.25) is 0 Å². The summed E-state index contributed by atoms with van der Waals surface area (Å²) in [6.07, 6.45) is 0. The van der Waals surface area contributed by atoms with Crippen LogP contribution in [0.15, 0.2) is 91.0 Å². The van der Waals surface area contributed by atoms with Crippen LogP contribution in [-0.4, -0.2) is 58.7 Å². The topological polar surface area (TPSA) is 63.0 Å². The molecule has 0 aliphatic carbocycles. The number of amides is 1. The van der Waals surface area contributed by atoms with E-state index in [2.05, 4.69) is 36.1 Å². The minimum Gasteiger partial charge on any atom is -0.497 e. The molecule has 1 amide bonds. The summed E-state index contributed by atoms with van der Waals surface area (Å²) < 4.78 is 7.00. The summed E-state index contributed by atoms with van der Waals surface area (Å²) in [5, 5.41) is 4.81. The molecule has 2 aromatic heterocycles. The van der Waals surface area contributed by atoms with Crippen LogP contribution in [0.25, 0.3) is 28.2 Å². The molecule has 6 rings (SSSR count). The van der Waals surface area contributed by atoms with Crippen LogP contribution < -0.4 is 9.64 Å². The Balaban J connectivity index is 1.36. The monoisotopic (exact) mass is 503 g/mol. The Morgan fingerprint density at radius 2 is 1.47 bits per heavy atom. The Morgan fingerprint density at radius 3 is 2.18 bits per heavy atom. The lowest BCUT2D eigenvalue weighted by Gasteiger charge is -2.36. The van der Waals surface area contributed by atoms with E-state index in [9.17, 15) is 4.79 Å². The Labute approximate surface area is 221 Å². The molecule has 0 N–H and O–H groups in total. The van der Waals surface area contributed by atoms with Crippen LogP contribution in [0, 0.1) is 6.92 Å². The number of piperazine rings is 1. The number of ether oxygens (including phenoxy) is 1. The van der Waals surface area contributed by atoms with E-state index < -0.39 is 0 Å². The molecule has 1 aliphatic rings. The van der Waals surface area contributed by atoms with E-state index in [4.69, 9.17) is 14.8 Å². The first-order valence-electron chi connectivity index (χ1n) is 12.8. The number of benzene rings is 3. The lowest BCUT2D eigenvalue weighted by atomic mass is 10.1. The van der Waals surface area contributed by atoms with Crippen molar-refractivity contribution in [2.45, 2.75) is 6.92 Å². The number of aryl methyl sites for hydroxylation is 1.